The molecule has 6 rings (SSSR count). The summed E-state index contributed by atoms with van der Waals surface area (Å²) in [7, 11) is 0. The minimum absolute atomic E-state index is 0.0343. The van der Waals surface area contributed by atoms with E-state index in [-0.39, 0.29) is 98.4 Å². The van der Waals surface area contributed by atoms with Gasteiger partial charge in [-0.2, -0.15) is 0 Å². The maximum atomic E-state index is 12.6. The van der Waals surface area contributed by atoms with Crippen LogP contribution >= 0.6 is 0 Å². The van der Waals surface area contributed by atoms with Gasteiger partial charge < -0.3 is 30.3 Å². The second-order valence-corrected chi connectivity index (χ2v) is 15.0. The zero-order valence-electron chi connectivity index (χ0n) is 38.1. The first-order valence-electron chi connectivity index (χ1n) is 22.1. The number of carbonyl (C=O) groups is 8. The van der Waals surface area contributed by atoms with Crippen molar-refractivity contribution in [1.82, 2.24) is 10.6 Å². The third kappa shape index (κ3) is 18.5. The first-order valence-corrected chi connectivity index (χ1v) is 22.1. The number of hydrogen-bond donors (Lipinski definition) is 4. The minimum atomic E-state index is -0.563. The van der Waals surface area contributed by atoms with Gasteiger partial charge in [0.1, 0.15) is 5.78 Å². The summed E-state index contributed by atoms with van der Waals surface area (Å²) < 4.78 is 10.6. The van der Waals surface area contributed by atoms with Crippen LogP contribution in [-0.4, -0.2) is 96.6 Å². The number of ether oxygens (including phenoxy) is 2. The van der Waals surface area contributed by atoms with Crippen LogP contribution in [0.5, 0.6) is 0 Å². The molecular weight excluding hydrogens is 881 g/mol. The molecule has 6 aromatic rings. The number of hydrogen-bond acceptors (Lipinski definition) is 12. The Morgan fingerprint density at radius 3 is 1.04 bits per heavy atom. The average molecular weight is 935 g/mol. The Labute approximate surface area is 400 Å². The molecule has 6 aromatic carbocycles. The van der Waals surface area contributed by atoms with E-state index in [1.807, 2.05) is 30.3 Å². The van der Waals surface area contributed by atoms with Crippen LogP contribution in [0.2, 0.25) is 0 Å². The van der Waals surface area contributed by atoms with Gasteiger partial charge in [-0.3, -0.25) is 24.0 Å². The van der Waals surface area contributed by atoms with Crippen molar-refractivity contribution >= 4 is 46.9 Å². The Kier molecular flexibility index (Phi) is 22.8. The largest absolute Gasteiger partial charge is 0.462 e. The van der Waals surface area contributed by atoms with E-state index in [0.29, 0.717) is 51.8 Å². The highest BCUT2D eigenvalue weighted by Gasteiger charge is 2.16. The molecule has 2 amide bonds. The van der Waals surface area contributed by atoms with Gasteiger partial charge in [0, 0.05) is 64.9 Å². The number of urea groups is 1. The molecule has 69 heavy (non-hydrogen) atoms. The molecule has 0 unspecified atom stereocenters. The Bertz CT molecular complexity index is 2520. The molecule has 0 atom stereocenters. The standard InChI is InChI=1S/C35H30O7.C15H12O2.C5H12N2O3/c36-31(19-9-21-41-34(39)29-17-7-15-27(23-29)32(37)25-11-3-1-4-12-25)20-10-22-42-35(40)30-18-8-16-28(24-30)33(38)26-13-5-2-6-14-26;1-11(16)13-8-5-9-14(10-13)15(17)12-6-3-2-4-7-12;8-3-1-6-5(10)7-2-4-9/h1-8,11-18,23-24H,9-10,19-22H2;2-10H,1H3;8-9H,1-4H2,(H2,6,7,10). The summed E-state index contributed by atoms with van der Waals surface area (Å²) in [6, 6.07) is 45.8. The van der Waals surface area contributed by atoms with Crippen LogP contribution in [0.3, 0.4) is 0 Å². The smallest absolute Gasteiger partial charge is 0.338 e. The maximum Gasteiger partial charge on any atom is 0.338 e. The van der Waals surface area contributed by atoms with Crippen LogP contribution in [-0.2, 0) is 14.3 Å². The highest BCUT2D eigenvalue weighted by Crippen LogP contribution is 2.16. The second-order valence-electron chi connectivity index (χ2n) is 15.0. The first-order chi connectivity index (χ1) is 33.4. The number of benzene rings is 6. The lowest BCUT2D eigenvalue weighted by Crippen LogP contribution is -2.38. The predicted octanol–water partition coefficient (Wildman–Crippen LogP) is 7.68. The van der Waals surface area contributed by atoms with Crippen LogP contribution in [0.15, 0.2) is 164 Å². The zero-order valence-corrected chi connectivity index (χ0v) is 38.1. The number of aliphatic hydroxyl groups excluding tert-OH is 2. The summed E-state index contributed by atoms with van der Waals surface area (Å²) >= 11 is 0. The Morgan fingerprint density at radius 2 is 0.710 bits per heavy atom. The molecule has 14 nitrogen and oxygen atoms in total. The van der Waals surface area contributed by atoms with Crippen molar-refractivity contribution in [1.29, 1.82) is 0 Å². The molecule has 4 N–H and O–H groups in total. The highest BCUT2D eigenvalue weighted by atomic mass is 16.5. The average Bonchev–Trinajstić information content (AvgIpc) is 3.40. The van der Waals surface area contributed by atoms with Crippen molar-refractivity contribution in [2.24, 2.45) is 0 Å². The molecule has 0 saturated carbocycles. The van der Waals surface area contributed by atoms with Crippen molar-refractivity contribution in [3.63, 3.8) is 0 Å². The summed E-state index contributed by atoms with van der Waals surface area (Å²) in [5.74, 6) is -1.63. The molecule has 0 bridgehead atoms. The normalized spacial score (nSPS) is 10.1. The number of esters is 2. The molecule has 0 spiro atoms. The van der Waals surface area contributed by atoms with Crippen molar-refractivity contribution < 1.29 is 58.0 Å². The van der Waals surface area contributed by atoms with Gasteiger partial charge in [-0.15, -0.1) is 0 Å². The van der Waals surface area contributed by atoms with Gasteiger partial charge in [0.15, 0.2) is 23.1 Å². The van der Waals surface area contributed by atoms with E-state index in [2.05, 4.69) is 10.6 Å². The number of rotatable bonds is 21. The van der Waals surface area contributed by atoms with Gasteiger partial charge in [0.05, 0.1) is 37.6 Å². The Balaban J connectivity index is 0.000000312. The van der Waals surface area contributed by atoms with Crippen LogP contribution in [0, 0.1) is 0 Å². The molecule has 356 valence electrons. The van der Waals surface area contributed by atoms with E-state index in [9.17, 15) is 38.4 Å². The zero-order chi connectivity index (χ0) is 49.8. The van der Waals surface area contributed by atoms with Crippen molar-refractivity contribution in [2.75, 3.05) is 39.5 Å². The summed E-state index contributed by atoms with van der Waals surface area (Å²) in [4.78, 5) is 96.2. The van der Waals surface area contributed by atoms with E-state index in [0.717, 1.165) is 0 Å². The fourth-order valence-electron chi connectivity index (χ4n) is 6.28. The van der Waals surface area contributed by atoms with Crippen LogP contribution in [0.25, 0.3) is 0 Å². The number of amides is 2. The lowest BCUT2D eigenvalue weighted by atomic mass is 10.0. The van der Waals surface area contributed by atoms with Gasteiger partial charge in [-0.25, -0.2) is 14.4 Å². The summed E-state index contributed by atoms with van der Waals surface area (Å²) in [5, 5.41) is 21.2. The van der Waals surface area contributed by atoms with Crippen molar-refractivity contribution in [2.45, 2.75) is 32.6 Å². The molecule has 0 aliphatic carbocycles. The van der Waals surface area contributed by atoms with Crippen LogP contribution < -0.4 is 10.6 Å². The van der Waals surface area contributed by atoms with Gasteiger partial charge >= 0.3 is 18.0 Å². The fraction of sp³-hybridized carbons (Fsp3) is 0.200. The third-order valence-corrected chi connectivity index (χ3v) is 9.82. The second kappa shape index (κ2) is 29.4. The lowest BCUT2D eigenvalue weighted by molar-refractivity contribution is -0.119. The first kappa shape index (κ1) is 53.4. The Hall–Kier alpha value is -8.20. The molecule has 0 saturated heterocycles. The molecule has 14 heteroatoms. The van der Waals surface area contributed by atoms with Gasteiger partial charge in [-0.05, 0) is 50.1 Å². The van der Waals surface area contributed by atoms with E-state index >= 15 is 0 Å². The van der Waals surface area contributed by atoms with E-state index in [4.69, 9.17) is 19.7 Å². The highest BCUT2D eigenvalue weighted by molar-refractivity contribution is 6.11. The number of ketones is 5. The molecular formula is C55H54N2O12. The lowest BCUT2D eigenvalue weighted by Gasteiger charge is -2.07. The third-order valence-electron chi connectivity index (χ3n) is 9.82. The number of Topliss-reactive ketones (excluding diaryl/α,β-unsaturated/α-hetero) is 2. The van der Waals surface area contributed by atoms with E-state index < -0.39 is 11.9 Å². The van der Waals surface area contributed by atoms with Crippen LogP contribution in [0.1, 0.15) is 111 Å². The monoisotopic (exact) mass is 934 g/mol. The molecule has 0 aliphatic heterocycles. The summed E-state index contributed by atoms with van der Waals surface area (Å²) in [6.07, 6.45) is 1.15. The maximum absolute atomic E-state index is 12.6. The summed E-state index contributed by atoms with van der Waals surface area (Å²) in [5.41, 5.74) is 4.10. The number of aliphatic hydroxyl groups is 2. The number of nitrogens with one attached hydrogen (secondary N) is 2. The van der Waals surface area contributed by atoms with Crippen molar-refractivity contribution in [3.8, 4) is 0 Å². The molecule has 0 heterocycles. The van der Waals surface area contributed by atoms with E-state index in [1.165, 1.54) is 19.1 Å². The predicted molar refractivity (Wildman–Crippen MR) is 259 cm³/mol. The quantitative estimate of drug-likeness (QED) is 0.0310. The summed E-state index contributed by atoms with van der Waals surface area (Å²) in [6.45, 7) is 1.93. The molecule has 0 aromatic heterocycles. The fourth-order valence-corrected chi connectivity index (χ4v) is 6.28. The Morgan fingerprint density at radius 1 is 0.406 bits per heavy atom. The minimum Gasteiger partial charge on any atom is -0.462 e. The number of carbonyl (C=O) groups excluding carboxylic acids is 8. The van der Waals surface area contributed by atoms with Crippen molar-refractivity contribution in [3.05, 3.63) is 214 Å². The molecule has 0 fully saturated rings. The van der Waals surface area contributed by atoms with Gasteiger partial charge in [0.2, 0.25) is 0 Å². The molecule has 0 radical (unpaired) electrons. The topological polar surface area (TPSA) is 220 Å². The van der Waals surface area contributed by atoms with Crippen LogP contribution in [0.4, 0.5) is 4.79 Å². The van der Waals surface area contributed by atoms with Gasteiger partial charge in [-0.1, -0.05) is 133 Å². The SMILES string of the molecule is CC(=O)c1cccc(C(=O)c2ccccc2)c1.O=C(CCCOC(=O)c1cccc(C(=O)c2ccccc2)c1)CCCOC(=O)c1cccc(C(=O)c2ccccc2)c1.O=C(NCCO)NCCO. The van der Waals surface area contributed by atoms with E-state index in [1.54, 1.807) is 121 Å². The molecule has 0 aliphatic rings. The van der Waals surface area contributed by atoms with Gasteiger partial charge in [0.25, 0.3) is 0 Å².